The van der Waals surface area contributed by atoms with Crippen molar-refractivity contribution in [2.45, 2.75) is 45.2 Å². The third kappa shape index (κ3) is 4.91. The van der Waals surface area contributed by atoms with Gasteiger partial charge < -0.3 is 20.2 Å². The number of anilines is 1. The average Bonchev–Trinajstić information content (AvgIpc) is 3.21. The molecule has 0 saturated carbocycles. The number of benzene rings is 1. The summed E-state index contributed by atoms with van der Waals surface area (Å²) in [6.07, 6.45) is 5.69. The van der Waals surface area contributed by atoms with Gasteiger partial charge in [-0.1, -0.05) is 13.8 Å². The molecule has 1 saturated heterocycles. The second-order valence-corrected chi connectivity index (χ2v) is 7.79. The summed E-state index contributed by atoms with van der Waals surface area (Å²) in [6, 6.07) is 5.62. The highest BCUT2D eigenvalue weighted by molar-refractivity contribution is 5.95. The minimum absolute atomic E-state index is 0.0126. The lowest BCUT2D eigenvalue weighted by Gasteiger charge is -2.36. The fraction of sp³-hybridized carbons (Fsp3) is 0.524. The van der Waals surface area contributed by atoms with Crippen molar-refractivity contribution in [2.75, 3.05) is 25.5 Å². The molecule has 2 aromatic rings. The number of likely N-dealkylation sites (tertiary alicyclic amines) is 1. The second kappa shape index (κ2) is 9.21. The number of hydrogen-bond donors (Lipinski definition) is 2. The molecule has 0 bridgehead atoms. The van der Waals surface area contributed by atoms with Crippen molar-refractivity contribution < 1.29 is 13.9 Å². The summed E-state index contributed by atoms with van der Waals surface area (Å²) in [6.45, 7) is 6.01. The standard InChI is InChI=1S/C21H30N4O3/c1-14(2)10-18(25-8-6-15(22)7-9-25)21(26)24-16-4-5-17(19(11-16)27-3)20-12-23-13-28-20/h4-5,11-15,18H,6-10,22H2,1-3H3,(H,24,26). The predicted molar refractivity (Wildman–Crippen MR) is 109 cm³/mol. The largest absolute Gasteiger partial charge is 0.496 e. The van der Waals surface area contributed by atoms with Crippen molar-refractivity contribution in [3.05, 3.63) is 30.8 Å². The van der Waals surface area contributed by atoms with Crippen molar-refractivity contribution in [2.24, 2.45) is 11.7 Å². The van der Waals surface area contributed by atoms with Gasteiger partial charge in [0, 0.05) is 30.9 Å². The molecule has 0 radical (unpaired) electrons. The smallest absolute Gasteiger partial charge is 0.241 e. The fourth-order valence-electron chi connectivity index (χ4n) is 3.65. The van der Waals surface area contributed by atoms with Gasteiger partial charge in [-0.2, -0.15) is 0 Å². The van der Waals surface area contributed by atoms with Gasteiger partial charge in [0.1, 0.15) is 5.75 Å². The zero-order chi connectivity index (χ0) is 20.1. The minimum atomic E-state index is -0.160. The van der Waals surface area contributed by atoms with Gasteiger partial charge in [-0.15, -0.1) is 0 Å². The number of oxazole rings is 1. The number of piperidine rings is 1. The number of ether oxygens (including phenoxy) is 1. The number of nitrogens with one attached hydrogen (secondary N) is 1. The number of nitrogens with two attached hydrogens (primary N) is 1. The topological polar surface area (TPSA) is 93.6 Å². The number of rotatable bonds is 7. The Kier molecular flexibility index (Phi) is 6.70. The van der Waals surface area contributed by atoms with E-state index in [0.29, 0.717) is 23.1 Å². The van der Waals surface area contributed by atoms with Gasteiger partial charge in [0.2, 0.25) is 5.91 Å². The first-order valence-corrected chi connectivity index (χ1v) is 9.85. The molecule has 1 aromatic heterocycles. The van der Waals surface area contributed by atoms with E-state index in [-0.39, 0.29) is 18.0 Å². The molecule has 3 rings (SSSR count). The molecule has 1 atom stereocenters. The molecule has 1 unspecified atom stereocenters. The molecular formula is C21H30N4O3. The maximum Gasteiger partial charge on any atom is 0.241 e. The Morgan fingerprint density at radius 3 is 2.75 bits per heavy atom. The molecule has 1 aliphatic rings. The Bertz CT molecular complexity index is 768. The monoisotopic (exact) mass is 386 g/mol. The van der Waals surface area contributed by atoms with Crippen LogP contribution in [0.2, 0.25) is 0 Å². The van der Waals surface area contributed by atoms with Crippen LogP contribution in [-0.4, -0.2) is 48.1 Å². The molecule has 3 N–H and O–H groups in total. The van der Waals surface area contributed by atoms with Crippen molar-refractivity contribution in [3.63, 3.8) is 0 Å². The molecule has 2 heterocycles. The highest BCUT2D eigenvalue weighted by Crippen LogP contribution is 2.32. The summed E-state index contributed by atoms with van der Waals surface area (Å²) in [5, 5.41) is 3.07. The lowest BCUT2D eigenvalue weighted by atomic mass is 9.97. The number of aromatic nitrogens is 1. The number of methoxy groups -OCH3 is 1. The van der Waals surface area contributed by atoms with E-state index in [9.17, 15) is 4.79 Å². The number of carbonyl (C=O) groups is 1. The first-order valence-electron chi connectivity index (χ1n) is 9.85. The quantitative estimate of drug-likeness (QED) is 0.759. The Morgan fingerprint density at radius 1 is 1.39 bits per heavy atom. The molecule has 1 aliphatic heterocycles. The first kappa shape index (κ1) is 20.4. The molecule has 0 spiro atoms. The zero-order valence-corrected chi connectivity index (χ0v) is 16.9. The van der Waals surface area contributed by atoms with Crippen LogP contribution < -0.4 is 15.8 Å². The van der Waals surface area contributed by atoms with E-state index >= 15 is 0 Å². The van der Waals surface area contributed by atoms with Crippen LogP contribution in [0.5, 0.6) is 5.75 Å². The lowest BCUT2D eigenvalue weighted by molar-refractivity contribution is -0.122. The molecule has 1 fully saturated rings. The van der Waals surface area contributed by atoms with E-state index in [1.807, 2.05) is 18.2 Å². The molecule has 1 amide bonds. The van der Waals surface area contributed by atoms with E-state index in [2.05, 4.69) is 29.0 Å². The highest BCUT2D eigenvalue weighted by Gasteiger charge is 2.29. The molecule has 7 heteroatoms. The van der Waals surface area contributed by atoms with Crippen LogP contribution in [0.15, 0.2) is 35.2 Å². The highest BCUT2D eigenvalue weighted by atomic mass is 16.5. The lowest BCUT2D eigenvalue weighted by Crippen LogP contribution is -2.50. The number of amides is 1. The molecule has 1 aromatic carbocycles. The van der Waals surface area contributed by atoms with Gasteiger partial charge in [0.15, 0.2) is 12.2 Å². The van der Waals surface area contributed by atoms with Crippen LogP contribution in [0.1, 0.15) is 33.1 Å². The molecule has 7 nitrogen and oxygen atoms in total. The molecular weight excluding hydrogens is 356 g/mol. The maximum atomic E-state index is 13.1. The maximum absolute atomic E-state index is 13.1. The van der Waals surface area contributed by atoms with Crippen molar-refractivity contribution in [1.82, 2.24) is 9.88 Å². The summed E-state index contributed by atoms with van der Waals surface area (Å²) in [5.41, 5.74) is 7.53. The van der Waals surface area contributed by atoms with E-state index in [1.54, 1.807) is 13.3 Å². The van der Waals surface area contributed by atoms with Gasteiger partial charge in [-0.25, -0.2) is 4.98 Å². The second-order valence-electron chi connectivity index (χ2n) is 7.79. The van der Waals surface area contributed by atoms with E-state index in [4.69, 9.17) is 14.9 Å². The van der Waals surface area contributed by atoms with Crippen molar-refractivity contribution in [1.29, 1.82) is 0 Å². The van der Waals surface area contributed by atoms with Crippen LogP contribution >= 0.6 is 0 Å². The van der Waals surface area contributed by atoms with Crippen LogP contribution in [0, 0.1) is 5.92 Å². The van der Waals surface area contributed by atoms with Gasteiger partial charge >= 0.3 is 0 Å². The summed E-state index contributed by atoms with van der Waals surface area (Å²) in [4.78, 5) is 19.3. The van der Waals surface area contributed by atoms with Gasteiger partial charge in [0.05, 0.1) is 24.9 Å². The van der Waals surface area contributed by atoms with Gasteiger partial charge in [-0.3, -0.25) is 9.69 Å². The normalized spacial score (nSPS) is 16.9. The predicted octanol–water partition coefficient (Wildman–Crippen LogP) is 3.13. The van der Waals surface area contributed by atoms with Crippen LogP contribution in [0.25, 0.3) is 11.3 Å². The third-order valence-electron chi connectivity index (χ3n) is 5.18. The summed E-state index contributed by atoms with van der Waals surface area (Å²) in [7, 11) is 1.60. The Labute approximate surface area is 166 Å². The van der Waals surface area contributed by atoms with Crippen molar-refractivity contribution >= 4 is 11.6 Å². The van der Waals surface area contributed by atoms with Crippen LogP contribution in [-0.2, 0) is 4.79 Å². The Morgan fingerprint density at radius 2 is 2.14 bits per heavy atom. The Hall–Kier alpha value is -2.38. The number of hydrogen-bond acceptors (Lipinski definition) is 6. The van der Waals surface area contributed by atoms with Crippen molar-refractivity contribution in [3.8, 4) is 17.1 Å². The van der Waals surface area contributed by atoms with Crippen LogP contribution in [0.3, 0.4) is 0 Å². The minimum Gasteiger partial charge on any atom is -0.496 e. The Balaban J connectivity index is 1.75. The first-order chi connectivity index (χ1) is 13.5. The fourth-order valence-corrected chi connectivity index (χ4v) is 3.65. The summed E-state index contributed by atoms with van der Waals surface area (Å²) < 4.78 is 10.8. The summed E-state index contributed by atoms with van der Waals surface area (Å²) in [5.74, 6) is 1.68. The SMILES string of the molecule is COc1cc(NC(=O)C(CC(C)C)N2CCC(N)CC2)ccc1-c1cnco1. The number of carbonyl (C=O) groups excluding carboxylic acids is 1. The number of nitrogens with zero attached hydrogens (tertiary/aromatic N) is 2. The van der Waals surface area contributed by atoms with Crippen LogP contribution in [0.4, 0.5) is 5.69 Å². The summed E-state index contributed by atoms with van der Waals surface area (Å²) >= 11 is 0. The molecule has 28 heavy (non-hydrogen) atoms. The molecule has 152 valence electrons. The zero-order valence-electron chi connectivity index (χ0n) is 16.9. The average molecular weight is 386 g/mol. The van der Waals surface area contributed by atoms with E-state index in [0.717, 1.165) is 37.9 Å². The van der Waals surface area contributed by atoms with E-state index < -0.39 is 0 Å². The van der Waals surface area contributed by atoms with Gasteiger partial charge in [-0.05, 0) is 37.3 Å². The van der Waals surface area contributed by atoms with E-state index in [1.165, 1.54) is 6.39 Å². The molecule has 0 aliphatic carbocycles. The third-order valence-corrected chi connectivity index (χ3v) is 5.18. The van der Waals surface area contributed by atoms with Gasteiger partial charge in [0.25, 0.3) is 0 Å².